The van der Waals surface area contributed by atoms with Crippen LogP contribution in [0.4, 0.5) is 5.69 Å². The Kier molecular flexibility index (Phi) is 4.60. The molecule has 0 bridgehead atoms. The second-order valence-corrected chi connectivity index (χ2v) is 3.96. The van der Waals surface area contributed by atoms with Crippen molar-refractivity contribution in [2.24, 2.45) is 0 Å². The van der Waals surface area contributed by atoms with Crippen molar-refractivity contribution in [3.8, 4) is 6.07 Å². The Bertz CT molecular complexity index is 386. The Hall–Kier alpha value is -1.24. The fourth-order valence-corrected chi connectivity index (χ4v) is 1.94. The average molecular weight is 238 g/mol. The molecule has 1 atom stereocenters. The SMILES string of the molecule is C[C@H]1CN(c2cccc(C#N)c2)CCN1.Cl. The van der Waals surface area contributed by atoms with Crippen molar-refractivity contribution in [2.75, 3.05) is 24.5 Å². The van der Waals surface area contributed by atoms with Crippen LogP contribution in [0, 0.1) is 11.3 Å². The number of piperazine rings is 1. The molecule has 3 nitrogen and oxygen atoms in total. The molecule has 1 heterocycles. The lowest BCUT2D eigenvalue weighted by Gasteiger charge is -2.33. The smallest absolute Gasteiger partial charge is 0.0992 e. The van der Waals surface area contributed by atoms with Crippen molar-refractivity contribution in [2.45, 2.75) is 13.0 Å². The highest BCUT2D eigenvalue weighted by molar-refractivity contribution is 5.85. The molecule has 1 N–H and O–H groups in total. The second kappa shape index (κ2) is 5.74. The van der Waals surface area contributed by atoms with Gasteiger partial charge in [-0.3, -0.25) is 0 Å². The molecular formula is C12H16ClN3. The largest absolute Gasteiger partial charge is 0.369 e. The van der Waals surface area contributed by atoms with Gasteiger partial charge in [0.25, 0.3) is 0 Å². The topological polar surface area (TPSA) is 39.1 Å². The minimum Gasteiger partial charge on any atom is -0.369 e. The molecule has 4 heteroatoms. The van der Waals surface area contributed by atoms with Gasteiger partial charge in [0, 0.05) is 31.4 Å². The van der Waals surface area contributed by atoms with Crippen LogP contribution in [0.1, 0.15) is 12.5 Å². The summed E-state index contributed by atoms with van der Waals surface area (Å²) in [5, 5.41) is 12.2. The van der Waals surface area contributed by atoms with Crippen molar-refractivity contribution in [1.82, 2.24) is 5.32 Å². The molecule has 0 unspecified atom stereocenters. The molecule has 16 heavy (non-hydrogen) atoms. The van der Waals surface area contributed by atoms with Gasteiger partial charge in [-0.05, 0) is 25.1 Å². The van der Waals surface area contributed by atoms with E-state index < -0.39 is 0 Å². The van der Waals surface area contributed by atoms with Crippen LogP contribution >= 0.6 is 12.4 Å². The number of nitrogens with zero attached hydrogens (tertiary/aromatic N) is 2. The van der Waals surface area contributed by atoms with Gasteiger partial charge in [-0.15, -0.1) is 12.4 Å². The first-order valence-corrected chi connectivity index (χ1v) is 5.28. The van der Waals surface area contributed by atoms with Crippen molar-refractivity contribution in [3.63, 3.8) is 0 Å². The molecule has 1 aliphatic heterocycles. The lowest BCUT2D eigenvalue weighted by atomic mass is 10.1. The Morgan fingerprint density at radius 3 is 3.00 bits per heavy atom. The van der Waals surface area contributed by atoms with Gasteiger partial charge in [0.15, 0.2) is 0 Å². The van der Waals surface area contributed by atoms with Gasteiger partial charge in [-0.2, -0.15) is 5.26 Å². The van der Waals surface area contributed by atoms with Crippen LogP contribution in [0.3, 0.4) is 0 Å². The Balaban J connectivity index is 0.00000128. The minimum absolute atomic E-state index is 0. The van der Waals surface area contributed by atoms with Gasteiger partial charge in [0.05, 0.1) is 11.6 Å². The lowest BCUT2D eigenvalue weighted by Crippen LogP contribution is -2.49. The second-order valence-electron chi connectivity index (χ2n) is 3.96. The number of anilines is 1. The Labute approximate surface area is 102 Å². The van der Waals surface area contributed by atoms with E-state index in [-0.39, 0.29) is 12.4 Å². The number of hydrogen-bond donors (Lipinski definition) is 1. The zero-order valence-electron chi connectivity index (χ0n) is 9.31. The first-order chi connectivity index (χ1) is 7.29. The molecule has 86 valence electrons. The van der Waals surface area contributed by atoms with E-state index in [1.807, 2.05) is 18.2 Å². The monoisotopic (exact) mass is 237 g/mol. The molecule has 1 aromatic rings. The first-order valence-electron chi connectivity index (χ1n) is 5.28. The summed E-state index contributed by atoms with van der Waals surface area (Å²) in [6.45, 7) is 5.21. The highest BCUT2D eigenvalue weighted by Crippen LogP contribution is 2.17. The van der Waals surface area contributed by atoms with E-state index in [1.54, 1.807) is 0 Å². The number of halogens is 1. The molecule has 1 fully saturated rings. The standard InChI is InChI=1S/C12H15N3.ClH/c1-10-9-15(6-5-14-10)12-4-2-3-11(7-12)8-13;/h2-4,7,10,14H,5-6,9H2,1H3;1H/t10-;/m0./s1. The summed E-state index contributed by atoms with van der Waals surface area (Å²) in [6.07, 6.45) is 0. The van der Waals surface area contributed by atoms with Crippen LogP contribution in [0.15, 0.2) is 24.3 Å². The molecule has 0 aliphatic carbocycles. The van der Waals surface area contributed by atoms with Gasteiger partial charge < -0.3 is 10.2 Å². The van der Waals surface area contributed by atoms with Crippen molar-refractivity contribution in [3.05, 3.63) is 29.8 Å². The predicted octanol–water partition coefficient (Wildman–Crippen LogP) is 1.78. The molecule has 1 saturated heterocycles. The fourth-order valence-electron chi connectivity index (χ4n) is 1.94. The molecule has 0 radical (unpaired) electrons. The van der Waals surface area contributed by atoms with Crippen LogP contribution < -0.4 is 10.2 Å². The fraction of sp³-hybridized carbons (Fsp3) is 0.417. The Morgan fingerprint density at radius 2 is 2.31 bits per heavy atom. The molecule has 0 saturated carbocycles. The maximum absolute atomic E-state index is 8.83. The van der Waals surface area contributed by atoms with Crippen LogP contribution in [-0.2, 0) is 0 Å². The molecule has 0 amide bonds. The zero-order valence-corrected chi connectivity index (χ0v) is 10.1. The third kappa shape index (κ3) is 2.88. The summed E-state index contributed by atoms with van der Waals surface area (Å²) in [5.74, 6) is 0. The highest BCUT2D eigenvalue weighted by atomic mass is 35.5. The van der Waals surface area contributed by atoms with Crippen molar-refractivity contribution >= 4 is 18.1 Å². The third-order valence-corrected chi connectivity index (χ3v) is 2.71. The molecule has 1 aromatic carbocycles. The average Bonchev–Trinajstić information content (AvgIpc) is 2.29. The van der Waals surface area contributed by atoms with E-state index in [4.69, 9.17) is 5.26 Å². The van der Waals surface area contributed by atoms with Crippen molar-refractivity contribution < 1.29 is 0 Å². The predicted molar refractivity (Wildman–Crippen MR) is 68.1 cm³/mol. The summed E-state index contributed by atoms with van der Waals surface area (Å²) >= 11 is 0. The van der Waals surface area contributed by atoms with Gasteiger partial charge in [-0.25, -0.2) is 0 Å². The maximum Gasteiger partial charge on any atom is 0.0992 e. The lowest BCUT2D eigenvalue weighted by molar-refractivity contribution is 0.485. The van der Waals surface area contributed by atoms with Crippen LogP contribution in [0.25, 0.3) is 0 Å². The summed E-state index contributed by atoms with van der Waals surface area (Å²) in [6, 6.07) is 10.5. The number of nitriles is 1. The molecule has 0 aromatic heterocycles. The van der Waals surface area contributed by atoms with Gasteiger partial charge in [-0.1, -0.05) is 6.07 Å². The molecule has 2 rings (SSSR count). The van der Waals surface area contributed by atoms with Crippen molar-refractivity contribution in [1.29, 1.82) is 5.26 Å². The van der Waals surface area contributed by atoms with E-state index in [2.05, 4.69) is 29.3 Å². The van der Waals surface area contributed by atoms with Crippen LogP contribution in [0.5, 0.6) is 0 Å². The first kappa shape index (κ1) is 12.8. The molecule has 1 aliphatic rings. The number of benzene rings is 1. The minimum atomic E-state index is 0. The van der Waals surface area contributed by atoms with E-state index in [0.29, 0.717) is 6.04 Å². The third-order valence-electron chi connectivity index (χ3n) is 2.71. The number of hydrogen-bond acceptors (Lipinski definition) is 3. The van der Waals surface area contributed by atoms with Gasteiger partial charge in [0.2, 0.25) is 0 Å². The highest BCUT2D eigenvalue weighted by Gasteiger charge is 2.15. The summed E-state index contributed by atoms with van der Waals surface area (Å²) < 4.78 is 0. The van der Waals surface area contributed by atoms with E-state index in [0.717, 1.165) is 30.9 Å². The summed E-state index contributed by atoms with van der Waals surface area (Å²) in [5.41, 5.74) is 1.89. The maximum atomic E-state index is 8.83. The molecular weight excluding hydrogens is 222 g/mol. The summed E-state index contributed by atoms with van der Waals surface area (Å²) in [7, 11) is 0. The summed E-state index contributed by atoms with van der Waals surface area (Å²) in [4.78, 5) is 2.32. The van der Waals surface area contributed by atoms with E-state index >= 15 is 0 Å². The molecule has 0 spiro atoms. The van der Waals surface area contributed by atoms with Gasteiger partial charge in [0.1, 0.15) is 0 Å². The Morgan fingerprint density at radius 1 is 1.50 bits per heavy atom. The number of nitrogens with one attached hydrogen (secondary N) is 1. The van der Waals surface area contributed by atoms with Gasteiger partial charge >= 0.3 is 0 Å². The van der Waals surface area contributed by atoms with E-state index in [1.165, 1.54) is 0 Å². The van der Waals surface area contributed by atoms with E-state index in [9.17, 15) is 0 Å². The van der Waals surface area contributed by atoms with Crippen LogP contribution in [0.2, 0.25) is 0 Å². The number of rotatable bonds is 1. The normalized spacial score (nSPS) is 19.8. The van der Waals surface area contributed by atoms with Crippen LogP contribution in [-0.4, -0.2) is 25.7 Å². The quantitative estimate of drug-likeness (QED) is 0.809. The zero-order chi connectivity index (χ0) is 10.7.